The summed E-state index contributed by atoms with van der Waals surface area (Å²) in [7, 11) is 1.29. The zero-order valence-electron chi connectivity index (χ0n) is 23.5. The molecule has 0 bridgehead atoms. The van der Waals surface area contributed by atoms with Crippen molar-refractivity contribution in [2.24, 2.45) is 0 Å². The minimum absolute atomic E-state index is 0.0887. The maximum Gasteiger partial charge on any atom is 0.328 e. The Morgan fingerprint density at radius 1 is 0.837 bits per heavy atom. The predicted octanol–water partition coefficient (Wildman–Crippen LogP) is 4.82. The Labute approximate surface area is 252 Å². The van der Waals surface area contributed by atoms with Crippen LogP contribution in [0.1, 0.15) is 27.0 Å². The van der Waals surface area contributed by atoms with Crippen molar-refractivity contribution in [2.45, 2.75) is 25.4 Å². The molecule has 1 N–H and O–H groups in total. The third-order valence-corrected chi connectivity index (χ3v) is 7.88. The lowest BCUT2D eigenvalue weighted by molar-refractivity contribution is -0.145. The maximum absolute atomic E-state index is 12.8. The molecule has 5 rings (SSSR count). The molecule has 1 unspecified atom stereocenters. The molecule has 4 aromatic carbocycles. The van der Waals surface area contributed by atoms with Gasteiger partial charge in [0.15, 0.2) is 5.78 Å². The van der Waals surface area contributed by atoms with Crippen LogP contribution in [0.5, 0.6) is 5.75 Å². The summed E-state index contributed by atoms with van der Waals surface area (Å²) in [6, 6.07) is 30.0. The summed E-state index contributed by atoms with van der Waals surface area (Å²) in [5.41, 5.74) is 3.56. The molecule has 43 heavy (non-hydrogen) atoms. The van der Waals surface area contributed by atoms with Gasteiger partial charge in [-0.05, 0) is 41.5 Å². The van der Waals surface area contributed by atoms with E-state index in [0.29, 0.717) is 23.4 Å². The number of esters is 1. The summed E-state index contributed by atoms with van der Waals surface area (Å²) in [6.07, 6.45) is 0.426. The van der Waals surface area contributed by atoms with Crippen LogP contribution in [-0.4, -0.2) is 42.0 Å². The average molecular weight is 595 g/mol. The van der Waals surface area contributed by atoms with Crippen molar-refractivity contribution in [3.05, 3.63) is 135 Å². The first-order valence-electron chi connectivity index (χ1n) is 13.8. The van der Waals surface area contributed by atoms with Crippen LogP contribution in [0.3, 0.4) is 0 Å². The van der Waals surface area contributed by atoms with E-state index in [4.69, 9.17) is 9.47 Å². The van der Waals surface area contributed by atoms with Crippen LogP contribution < -0.4 is 14.9 Å². The predicted molar refractivity (Wildman–Crippen MR) is 166 cm³/mol. The number of ether oxygens (including phenoxy) is 2. The molecule has 0 saturated carbocycles. The van der Waals surface area contributed by atoms with Crippen LogP contribution in [0.25, 0.3) is 10.2 Å². The lowest BCUT2D eigenvalue weighted by Gasteiger charge is -2.17. The van der Waals surface area contributed by atoms with E-state index < -0.39 is 12.0 Å². The van der Waals surface area contributed by atoms with Crippen LogP contribution >= 0.6 is 11.3 Å². The van der Waals surface area contributed by atoms with Crippen molar-refractivity contribution in [3.8, 4) is 5.75 Å². The van der Waals surface area contributed by atoms with E-state index in [-0.39, 0.29) is 36.0 Å². The van der Waals surface area contributed by atoms with Crippen LogP contribution in [0, 0.1) is 0 Å². The zero-order chi connectivity index (χ0) is 30.2. The molecule has 1 amide bonds. The van der Waals surface area contributed by atoms with Gasteiger partial charge in [0.2, 0.25) is 5.91 Å². The number of aromatic nitrogens is 1. The summed E-state index contributed by atoms with van der Waals surface area (Å²) in [5, 5.41) is 2.77. The number of benzene rings is 4. The van der Waals surface area contributed by atoms with Gasteiger partial charge in [-0.2, -0.15) is 0 Å². The van der Waals surface area contributed by atoms with Gasteiger partial charge in [0.25, 0.3) is 0 Å². The molecule has 0 saturated heterocycles. The molecular weight excluding hydrogens is 564 g/mol. The van der Waals surface area contributed by atoms with E-state index in [1.54, 1.807) is 47.0 Å². The van der Waals surface area contributed by atoms with Gasteiger partial charge >= 0.3 is 10.8 Å². The van der Waals surface area contributed by atoms with E-state index in [1.807, 2.05) is 60.7 Å². The fraction of sp³-hybridized carbons (Fsp3) is 0.176. The van der Waals surface area contributed by atoms with Crippen molar-refractivity contribution in [2.75, 3.05) is 13.7 Å². The molecule has 218 valence electrons. The van der Waals surface area contributed by atoms with E-state index in [0.717, 1.165) is 32.7 Å². The van der Waals surface area contributed by atoms with Crippen molar-refractivity contribution in [1.82, 2.24) is 9.88 Å². The zero-order valence-corrected chi connectivity index (χ0v) is 24.3. The van der Waals surface area contributed by atoms with Crippen LogP contribution in [0.4, 0.5) is 0 Å². The number of thiazole rings is 1. The second kappa shape index (κ2) is 13.8. The van der Waals surface area contributed by atoms with Crippen molar-refractivity contribution in [3.63, 3.8) is 0 Å². The van der Waals surface area contributed by atoms with Gasteiger partial charge in [-0.1, -0.05) is 84.1 Å². The van der Waals surface area contributed by atoms with Gasteiger partial charge in [-0.25, -0.2) is 4.79 Å². The van der Waals surface area contributed by atoms with Crippen LogP contribution in [0.15, 0.2) is 108 Å². The Morgan fingerprint density at radius 3 is 2.23 bits per heavy atom. The summed E-state index contributed by atoms with van der Waals surface area (Å²) >= 11 is 1.10. The molecule has 0 spiro atoms. The van der Waals surface area contributed by atoms with E-state index >= 15 is 0 Å². The molecule has 0 radical (unpaired) electrons. The second-order valence-corrected chi connectivity index (χ2v) is 10.9. The lowest BCUT2D eigenvalue weighted by atomic mass is 10.0. The smallest absolute Gasteiger partial charge is 0.328 e. The van der Waals surface area contributed by atoms with Gasteiger partial charge in [0, 0.05) is 17.5 Å². The van der Waals surface area contributed by atoms with E-state index in [1.165, 1.54) is 7.11 Å². The first kappa shape index (κ1) is 29.5. The standard InChI is InChI=1S/C34H30N2O6S/c1-41-33(39)28(35-31(37)21-23-8-4-2-5-9-23)20-24-12-15-27(16-13-24)42-19-18-36-29-17-14-26(22-30(29)43-34(36)40)32(38)25-10-6-3-7-11-25/h2-17,22,28H,18-21H2,1H3,(H,35,37). The first-order valence-corrected chi connectivity index (χ1v) is 14.6. The molecule has 0 fully saturated rings. The number of amides is 1. The maximum atomic E-state index is 12.8. The number of methoxy groups -OCH3 is 1. The molecule has 8 nitrogen and oxygen atoms in total. The molecule has 5 aromatic rings. The van der Waals surface area contributed by atoms with Crippen LogP contribution in [-0.2, 0) is 33.7 Å². The highest BCUT2D eigenvalue weighted by Crippen LogP contribution is 2.21. The Bertz CT molecular complexity index is 1780. The molecule has 0 aliphatic heterocycles. The number of nitrogens with one attached hydrogen (secondary N) is 1. The monoisotopic (exact) mass is 594 g/mol. The third kappa shape index (κ3) is 7.44. The number of carbonyl (C=O) groups excluding carboxylic acids is 3. The highest BCUT2D eigenvalue weighted by molar-refractivity contribution is 7.16. The Balaban J connectivity index is 1.17. The molecule has 0 aliphatic carbocycles. The van der Waals surface area contributed by atoms with E-state index in [9.17, 15) is 19.2 Å². The molecule has 9 heteroatoms. The number of fused-ring (bicyclic) bond motifs is 1. The fourth-order valence-corrected chi connectivity index (χ4v) is 5.71. The van der Waals surface area contributed by atoms with Gasteiger partial charge in [0.1, 0.15) is 18.4 Å². The number of nitrogens with zero attached hydrogens (tertiary/aromatic N) is 1. The number of hydrogen-bond donors (Lipinski definition) is 1. The van der Waals surface area contributed by atoms with Gasteiger partial charge < -0.3 is 14.8 Å². The van der Waals surface area contributed by atoms with Gasteiger partial charge in [-0.3, -0.25) is 19.0 Å². The largest absolute Gasteiger partial charge is 0.492 e. The Morgan fingerprint density at radius 2 is 1.53 bits per heavy atom. The highest BCUT2D eigenvalue weighted by atomic mass is 32.1. The minimum atomic E-state index is -0.824. The third-order valence-electron chi connectivity index (χ3n) is 6.94. The summed E-state index contributed by atoms with van der Waals surface area (Å²) in [6.45, 7) is 0.598. The molecule has 0 aliphatic rings. The van der Waals surface area contributed by atoms with Crippen molar-refractivity contribution in [1.29, 1.82) is 0 Å². The second-order valence-electron chi connectivity index (χ2n) is 9.90. The highest BCUT2D eigenvalue weighted by Gasteiger charge is 2.22. The average Bonchev–Trinajstić information content (AvgIpc) is 3.35. The van der Waals surface area contributed by atoms with E-state index in [2.05, 4.69) is 5.32 Å². The number of carbonyl (C=O) groups is 3. The Kier molecular flexibility index (Phi) is 9.43. The molecule has 1 heterocycles. The van der Waals surface area contributed by atoms with Crippen LogP contribution in [0.2, 0.25) is 0 Å². The summed E-state index contributed by atoms with van der Waals surface area (Å²) in [4.78, 5) is 50.3. The lowest BCUT2D eigenvalue weighted by Crippen LogP contribution is -2.43. The quantitative estimate of drug-likeness (QED) is 0.164. The van der Waals surface area contributed by atoms with Crippen molar-refractivity contribution < 1.29 is 23.9 Å². The SMILES string of the molecule is COC(=O)C(Cc1ccc(OCCn2c(=O)sc3cc(C(=O)c4ccccc4)ccc32)cc1)NC(=O)Cc1ccccc1. The fourth-order valence-electron chi connectivity index (χ4n) is 4.75. The normalized spacial score (nSPS) is 11.6. The molecule has 1 atom stereocenters. The molecule has 1 aromatic heterocycles. The summed E-state index contributed by atoms with van der Waals surface area (Å²) < 4.78 is 13.2. The Hall–Kier alpha value is -5.02. The number of rotatable bonds is 12. The molecular formula is C34H30N2O6S. The minimum Gasteiger partial charge on any atom is -0.492 e. The topological polar surface area (TPSA) is 104 Å². The first-order chi connectivity index (χ1) is 20.9. The van der Waals surface area contributed by atoms with Gasteiger partial charge in [0.05, 0.1) is 30.3 Å². The summed E-state index contributed by atoms with van der Waals surface area (Å²) in [5.74, 6) is -0.271. The van der Waals surface area contributed by atoms with Crippen molar-refractivity contribution >= 4 is 39.2 Å². The number of ketones is 1. The van der Waals surface area contributed by atoms with Gasteiger partial charge in [-0.15, -0.1) is 0 Å². The number of hydrogen-bond acceptors (Lipinski definition) is 7.